The van der Waals surface area contributed by atoms with E-state index in [1.807, 2.05) is 0 Å². The molecular formula is C11H19N3O4S2. The Bertz CT molecular complexity index is 630. The molecule has 1 amide bonds. The van der Waals surface area contributed by atoms with E-state index in [4.69, 9.17) is 0 Å². The highest BCUT2D eigenvalue weighted by Gasteiger charge is 2.29. The van der Waals surface area contributed by atoms with Crippen molar-refractivity contribution in [3.05, 3.63) is 15.4 Å². The number of sulfonamides is 1. The Kier molecular flexibility index (Phi) is 5.49. The summed E-state index contributed by atoms with van der Waals surface area (Å²) < 4.78 is 25.8. The van der Waals surface area contributed by atoms with E-state index in [9.17, 15) is 18.0 Å². The monoisotopic (exact) mass is 321 g/mol. The average Bonchev–Trinajstić information content (AvgIpc) is 2.64. The molecule has 0 aliphatic heterocycles. The fourth-order valence-corrected chi connectivity index (χ4v) is 4.49. The fraction of sp³-hybridized carbons (Fsp3) is 0.636. The quantitative estimate of drug-likeness (QED) is 0.786. The van der Waals surface area contributed by atoms with Gasteiger partial charge < -0.3 is 10.3 Å². The Morgan fingerprint density at radius 1 is 1.45 bits per heavy atom. The maximum Gasteiger partial charge on any atom is 0.305 e. The maximum atomic E-state index is 12.4. The van der Waals surface area contributed by atoms with Crippen molar-refractivity contribution in [2.45, 2.75) is 37.9 Å². The third kappa shape index (κ3) is 3.90. The second kappa shape index (κ2) is 6.51. The maximum absolute atomic E-state index is 12.4. The number of aromatic nitrogens is 1. The summed E-state index contributed by atoms with van der Waals surface area (Å²) in [5, 5.41) is 2.64. The van der Waals surface area contributed by atoms with Crippen LogP contribution in [0, 0.1) is 6.92 Å². The third-order valence-corrected chi connectivity index (χ3v) is 5.98. The first kappa shape index (κ1) is 16.9. The fourth-order valence-electron chi connectivity index (χ4n) is 1.65. The molecule has 1 aromatic rings. The van der Waals surface area contributed by atoms with E-state index in [1.165, 1.54) is 6.92 Å². The molecule has 20 heavy (non-hydrogen) atoms. The number of aromatic amines is 1. The van der Waals surface area contributed by atoms with Gasteiger partial charge in [-0.15, -0.1) is 0 Å². The number of nitrogens with zero attached hydrogens (tertiary/aromatic N) is 1. The van der Waals surface area contributed by atoms with Gasteiger partial charge in [0, 0.05) is 18.3 Å². The second-order valence-electron chi connectivity index (χ2n) is 4.58. The van der Waals surface area contributed by atoms with Gasteiger partial charge in [0.2, 0.25) is 5.91 Å². The molecule has 1 aromatic heterocycles. The Balaban J connectivity index is 3.02. The number of aryl methyl sites for hydroxylation is 1. The van der Waals surface area contributed by atoms with E-state index in [-0.39, 0.29) is 29.2 Å². The average molecular weight is 321 g/mol. The topological polar surface area (TPSA) is 99.3 Å². The van der Waals surface area contributed by atoms with E-state index >= 15 is 0 Å². The van der Waals surface area contributed by atoms with E-state index in [1.54, 1.807) is 20.8 Å². The molecule has 0 aliphatic carbocycles. The number of nitrogens with one attached hydrogen (secondary N) is 2. The normalized spacial score (nSPS) is 12.1. The molecule has 0 saturated carbocycles. The van der Waals surface area contributed by atoms with Crippen LogP contribution < -0.4 is 10.2 Å². The number of carbonyl (C=O) groups excluding carboxylic acids is 1. The number of thiazole rings is 1. The van der Waals surface area contributed by atoms with Crippen molar-refractivity contribution in [1.29, 1.82) is 0 Å². The highest BCUT2D eigenvalue weighted by Crippen LogP contribution is 2.20. The molecular weight excluding hydrogens is 302 g/mol. The van der Waals surface area contributed by atoms with Gasteiger partial charge in [0.15, 0.2) is 4.21 Å². The third-order valence-electron chi connectivity index (χ3n) is 2.48. The van der Waals surface area contributed by atoms with Gasteiger partial charge >= 0.3 is 4.87 Å². The molecule has 0 radical (unpaired) electrons. The Labute approximate surface area is 122 Å². The molecule has 0 fully saturated rings. The van der Waals surface area contributed by atoms with E-state index in [2.05, 4.69) is 10.3 Å². The zero-order valence-corrected chi connectivity index (χ0v) is 13.5. The van der Waals surface area contributed by atoms with Crippen LogP contribution in [0.1, 0.15) is 26.5 Å². The zero-order valence-electron chi connectivity index (χ0n) is 11.9. The molecule has 0 spiro atoms. The first-order valence-corrected chi connectivity index (χ1v) is 8.43. The predicted octanol–water partition coefficient (Wildman–Crippen LogP) is 0.280. The Morgan fingerprint density at radius 2 is 2.05 bits per heavy atom. The minimum Gasteiger partial charge on any atom is -0.353 e. The van der Waals surface area contributed by atoms with E-state index in [0.29, 0.717) is 17.0 Å². The number of amides is 1. The molecule has 9 heteroatoms. The lowest BCUT2D eigenvalue weighted by molar-refractivity contribution is -0.121. The number of carbonyl (C=O) groups is 1. The summed E-state index contributed by atoms with van der Waals surface area (Å²) in [6, 6.07) is -0.0611. The van der Waals surface area contributed by atoms with E-state index < -0.39 is 14.9 Å². The van der Waals surface area contributed by atoms with Gasteiger partial charge in [-0.2, -0.15) is 4.31 Å². The molecule has 1 rings (SSSR count). The first-order chi connectivity index (χ1) is 9.18. The first-order valence-electron chi connectivity index (χ1n) is 6.17. The lowest BCUT2D eigenvalue weighted by atomic mass is 10.4. The lowest BCUT2D eigenvalue weighted by Crippen LogP contribution is -2.42. The van der Waals surface area contributed by atoms with Crippen LogP contribution in [0.4, 0.5) is 0 Å². The predicted molar refractivity (Wildman–Crippen MR) is 77.4 cm³/mol. The molecule has 2 N–H and O–H groups in total. The van der Waals surface area contributed by atoms with Crippen molar-refractivity contribution in [3.63, 3.8) is 0 Å². The molecule has 0 bridgehead atoms. The molecule has 0 unspecified atom stereocenters. The van der Waals surface area contributed by atoms with Crippen LogP contribution in [0.15, 0.2) is 9.00 Å². The van der Waals surface area contributed by atoms with Crippen LogP contribution in [0.25, 0.3) is 0 Å². The van der Waals surface area contributed by atoms with Crippen LogP contribution in [0.2, 0.25) is 0 Å². The second-order valence-corrected chi connectivity index (χ2v) is 7.70. The zero-order chi connectivity index (χ0) is 15.5. The summed E-state index contributed by atoms with van der Waals surface area (Å²) in [6.07, 6.45) is 0. The lowest BCUT2D eigenvalue weighted by Gasteiger charge is -2.20. The SMILES string of the molecule is CCN(CC(=O)NC(C)C)S(=O)(=O)c1sc(=O)[nH]c1C. The van der Waals surface area contributed by atoms with Gasteiger partial charge in [0.05, 0.1) is 6.54 Å². The molecule has 0 atom stereocenters. The summed E-state index contributed by atoms with van der Waals surface area (Å²) in [5.41, 5.74) is 0.294. The largest absolute Gasteiger partial charge is 0.353 e. The summed E-state index contributed by atoms with van der Waals surface area (Å²) >= 11 is 0.634. The highest BCUT2D eigenvalue weighted by atomic mass is 32.2. The van der Waals surface area contributed by atoms with Crippen molar-refractivity contribution in [2.24, 2.45) is 0 Å². The molecule has 0 aromatic carbocycles. The number of hydrogen-bond acceptors (Lipinski definition) is 5. The molecule has 0 aliphatic rings. The smallest absolute Gasteiger partial charge is 0.305 e. The molecule has 1 heterocycles. The van der Waals surface area contributed by atoms with Crippen LogP contribution >= 0.6 is 11.3 Å². The van der Waals surface area contributed by atoms with Crippen molar-refractivity contribution < 1.29 is 13.2 Å². The summed E-state index contributed by atoms with van der Waals surface area (Å²) in [4.78, 5) is 25.0. The summed E-state index contributed by atoms with van der Waals surface area (Å²) in [7, 11) is -3.83. The Hall–Kier alpha value is -1.19. The standard InChI is InChI=1S/C11H19N3O4S2/c1-5-14(6-9(15)12-7(2)3)20(17,18)10-8(4)13-11(16)19-10/h7H,5-6H2,1-4H3,(H,12,15)(H,13,16). The number of H-pyrrole nitrogens is 1. The van der Waals surface area contributed by atoms with Gasteiger partial charge in [0.1, 0.15) is 0 Å². The molecule has 0 saturated heterocycles. The summed E-state index contributed by atoms with van der Waals surface area (Å²) in [6.45, 7) is 6.65. The number of rotatable bonds is 6. The molecule has 7 nitrogen and oxygen atoms in total. The van der Waals surface area contributed by atoms with Gasteiger partial charge in [-0.1, -0.05) is 18.3 Å². The van der Waals surface area contributed by atoms with Crippen LogP contribution in [-0.2, 0) is 14.8 Å². The van der Waals surface area contributed by atoms with Gasteiger partial charge in [-0.05, 0) is 20.8 Å². The van der Waals surface area contributed by atoms with Crippen molar-refractivity contribution in [2.75, 3.05) is 13.1 Å². The van der Waals surface area contributed by atoms with Gasteiger partial charge in [-0.3, -0.25) is 9.59 Å². The van der Waals surface area contributed by atoms with E-state index in [0.717, 1.165) is 4.31 Å². The van der Waals surface area contributed by atoms with Crippen molar-refractivity contribution >= 4 is 27.3 Å². The van der Waals surface area contributed by atoms with Crippen molar-refractivity contribution in [1.82, 2.24) is 14.6 Å². The minimum absolute atomic E-state index is 0.0401. The van der Waals surface area contributed by atoms with Crippen LogP contribution in [-0.4, -0.2) is 42.7 Å². The van der Waals surface area contributed by atoms with Gasteiger partial charge in [0.25, 0.3) is 10.0 Å². The summed E-state index contributed by atoms with van der Waals surface area (Å²) in [5.74, 6) is -0.369. The number of likely N-dealkylation sites (N-methyl/N-ethyl adjacent to an activating group) is 1. The van der Waals surface area contributed by atoms with Gasteiger partial charge in [-0.25, -0.2) is 8.42 Å². The number of hydrogen-bond donors (Lipinski definition) is 2. The highest BCUT2D eigenvalue weighted by molar-refractivity contribution is 7.91. The minimum atomic E-state index is -3.83. The van der Waals surface area contributed by atoms with Crippen molar-refractivity contribution in [3.8, 4) is 0 Å². The molecule has 114 valence electrons. The van der Waals surface area contributed by atoms with Crippen LogP contribution in [0.3, 0.4) is 0 Å². The van der Waals surface area contributed by atoms with Crippen LogP contribution in [0.5, 0.6) is 0 Å². The Morgan fingerprint density at radius 3 is 2.45 bits per heavy atom.